The van der Waals surface area contributed by atoms with Crippen molar-refractivity contribution in [1.82, 2.24) is 5.32 Å². The van der Waals surface area contributed by atoms with Gasteiger partial charge in [-0.3, -0.25) is 0 Å². The second kappa shape index (κ2) is 6.37. The van der Waals surface area contributed by atoms with Gasteiger partial charge in [-0.15, -0.1) is 0 Å². The lowest BCUT2D eigenvalue weighted by Crippen LogP contribution is -2.40. The fourth-order valence-corrected chi connectivity index (χ4v) is 2.49. The summed E-state index contributed by atoms with van der Waals surface area (Å²) in [6.45, 7) is 1.37. The third kappa shape index (κ3) is 3.77. The number of nitrogens with one attached hydrogen (secondary N) is 2. The first-order valence-electron chi connectivity index (χ1n) is 6.24. The van der Waals surface area contributed by atoms with Crippen LogP contribution in [0, 0.1) is 17.5 Å². The van der Waals surface area contributed by atoms with Gasteiger partial charge in [-0.05, 0) is 29.3 Å². The van der Waals surface area contributed by atoms with E-state index >= 15 is 0 Å². The fraction of sp³-hybridized carbons (Fsp3) is 0.214. The number of hydrogen-bond acceptors (Lipinski definition) is 3. The van der Waals surface area contributed by atoms with Gasteiger partial charge >= 0.3 is 6.03 Å². The van der Waals surface area contributed by atoms with E-state index in [4.69, 9.17) is 0 Å². The topological polar surface area (TPSA) is 61.4 Å². The van der Waals surface area contributed by atoms with E-state index in [9.17, 15) is 23.1 Å². The van der Waals surface area contributed by atoms with Crippen molar-refractivity contribution in [2.75, 3.05) is 11.9 Å². The van der Waals surface area contributed by atoms with Crippen molar-refractivity contribution in [3.8, 4) is 0 Å². The Bertz CT molecular complexity index is 675. The van der Waals surface area contributed by atoms with E-state index in [0.717, 1.165) is 0 Å². The van der Waals surface area contributed by atoms with Gasteiger partial charge in [-0.25, -0.2) is 18.0 Å². The highest BCUT2D eigenvalue weighted by Crippen LogP contribution is 2.22. The van der Waals surface area contributed by atoms with Crippen LogP contribution in [-0.4, -0.2) is 17.7 Å². The van der Waals surface area contributed by atoms with Gasteiger partial charge in [-0.1, -0.05) is 0 Å². The molecule has 1 atom stereocenters. The number of thiophene rings is 1. The molecule has 0 saturated heterocycles. The number of aliphatic hydroxyl groups is 1. The lowest BCUT2D eigenvalue weighted by Gasteiger charge is -2.22. The number of halogens is 3. The van der Waals surface area contributed by atoms with E-state index in [1.54, 1.807) is 16.8 Å². The summed E-state index contributed by atoms with van der Waals surface area (Å²) in [5.41, 5.74) is -1.17. The Morgan fingerprint density at radius 3 is 2.59 bits per heavy atom. The van der Waals surface area contributed by atoms with Crippen molar-refractivity contribution in [1.29, 1.82) is 0 Å². The molecule has 1 heterocycles. The van der Waals surface area contributed by atoms with Gasteiger partial charge < -0.3 is 15.7 Å². The SMILES string of the molecule is CC(O)(CNC(=O)Nc1cc(F)c(F)cc1F)c1ccsc1. The second-order valence-electron chi connectivity index (χ2n) is 4.84. The van der Waals surface area contributed by atoms with Crippen molar-refractivity contribution in [2.24, 2.45) is 0 Å². The Balaban J connectivity index is 1.98. The van der Waals surface area contributed by atoms with Gasteiger partial charge in [0, 0.05) is 12.1 Å². The smallest absolute Gasteiger partial charge is 0.319 e. The summed E-state index contributed by atoms with van der Waals surface area (Å²) in [7, 11) is 0. The minimum absolute atomic E-state index is 0.138. The summed E-state index contributed by atoms with van der Waals surface area (Å²) in [6, 6.07) is 1.74. The normalized spacial score (nSPS) is 13.5. The molecule has 1 aromatic carbocycles. The Labute approximate surface area is 128 Å². The molecule has 1 aromatic heterocycles. The quantitative estimate of drug-likeness (QED) is 0.754. The van der Waals surface area contributed by atoms with E-state index in [1.165, 1.54) is 18.3 Å². The molecule has 2 aromatic rings. The number of urea groups is 1. The van der Waals surface area contributed by atoms with Crippen molar-refractivity contribution >= 4 is 23.1 Å². The number of anilines is 1. The summed E-state index contributed by atoms with van der Waals surface area (Å²) >= 11 is 1.39. The first kappa shape index (κ1) is 16.3. The average Bonchev–Trinajstić information content (AvgIpc) is 2.98. The Morgan fingerprint density at radius 2 is 1.95 bits per heavy atom. The molecule has 0 bridgehead atoms. The maximum absolute atomic E-state index is 13.4. The minimum atomic E-state index is -1.34. The van der Waals surface area contributed by atoms with E-state index in [-0.39, 0.29) is 6.54 Å². The van der Waals surface area contributed by atoms with E-state index in [0.29, 0.717) is 17.7 Å². The van der Waals surface area contributed by atoms with Crippen LogP contribution >= 0.6 is 11.3 Å². The third-order valence-corrected chi connectivity index (χ3v) is 3.68. The van der Waals surface area contributed by atoms with Gasteiger partial charge in [0.25, 0.3) is 0 Å². The molecule has 0 aliphatic rings. The highest BCUT2D eigenvalue weighted by molar-refractivity contribution is 7.08. The van der Waals surface area contributed by atoms with Gasteiger partial charge in [0.05, 0.1) is 12.2 Å². The Hall–Kier alpha value is -2.06. The first-order chi connectivity index (χ1) is 10.3. The van der Waals surface area contributed by atoms with Crippen LogP contribution in [0.5, 0.6) is 0 Å². The highest BCUT2D eigenvalue weighted by Gasteiger charge is 2.24. The number of carbonyl (C=O) groups excluding carboxylic acids is 1. The molecule has 8 heteroatoms. The molecule has 0 saturated carbocycles. The zero-order valence-electron chi connectivity index (χ0n) is 11.5. The zero-order valence-corrected chi connectivity index (χ0v) is 12.3. The maximum Gasteiger partial charge on any atom is 0.319 e. The molecular formula is C14H13F3N2O2S. The zero-order chi connectivity index (χ0) is 16.3. The van der Waals surface area contributed by atoms with Gasteiger partial charge in [0.2, 0.25) is 0 Å². The van der Waals surface area contributed by atoms with Crippen LogP contribution in [0.2, 0.25) is 0 Å². The average molecular weight is 330 g/mol. The lowest BCUT2D eigenvalue weighted by molar-refractivity contribution is 0.0604. The van der Waals surface area contributed by atoms with Crippen molar-refractivity contribution in [3.63, 3.8) is 0 Å². The van der Waals surface area contributed by atoms with Crippen LogP contribution in [0.4, 0.5) is 23.7 Å². The third-order valence-electron chi connectivity index (χ3n) is 2.99. The Morgan fingerprint density at radius 1 is 1.27 bits per heavy atom. The standard InChI is InChI=1S/C14H13F3N2O2S/c1-14(21,8-2-3-22-6-8)7-18-13(20)19-12-5-10(16)9(15)4-11(12)17/h2-6,21H,7H2,1H3,(H2,18,19,20). The van der Waals surface area contributed by atoms with Crippen molar-refractivity contribution < 1.29 is 23.1 Å². The molecule has 22 heavy (non-hydrogen) atoms. The van der Waals surface area contributed by atoms with Crippen LogP contribution in [0.1, 0.15) is 12.5 Å². The van der Waals surface area contributed by atoms with Crippen LogP contribution in [0.3, 0.4) is 0 Å². The number of rotatable bonds is 4. The molecule has 0 spiro atoms. The molecule has 0 aliphatic carbocycles. The fourth-order valence-electron chi connectivity index (χ4n) is 1.71. The molecule has 0 radical (unpaired) electrons. The molecule has 0 fully saturated rings. The van der Waals surface area contributed by atoms with E-state index in [2.05, 4.69) is 10.6 Å². The van der Waals surface area contributed by atoms with Crippen molar-refractivity contribution in [2.45, 2.75) is 12.5 Å². The van der Waals surface area contributed by atoms with Gasteiger partial charge in [0.15, 0.2) is 11.6 Å². The molecule has 0 aliphatic heterocycles. The molecule has 1 unspecified atom stereocenters. The number of carbonyl (C=O) groups is 1. The van der Waals surface area contributed by atoms with E-state index < -0.39 is 34.8 Å². The maximum atomic E-state index is 13.4. The van der Waals surface area contributed by atoms with Crippen LogP contribution < -0.4 is 10.6 Å². The summed E-state index contributed by atoms with van der Waals surface area (Å²) in [4.78, 5) is 11.7. The second-order valence-corrected chi connectivity index (χ2v) is 5.62. The van der Waals surface area contributed by atoms with Gasteiger partial charge in [0.1, 0.15) is 11.4 Å². The highest BCUT2D eigenvalue weighted by atomic mass is 32.1. The van der Waals surface area contributed by atoms with Crippen LogP contribution in [0.15, 0.2) is 29.0 Å². The molecule has 2 amide bonds. The molecule has 2 rings (SSSR count). The number of benzene rings is 1. The monoisotopic (exact) mass is 330 g/mol. The Kier molecular flexibility index (Phi) is 4.72. The summed E-state index contributed by atoms with van der Waals surface area (Å²) in [6.07, 6.45) is 0. The predicted molar refractivity (Wildman–Crippen MR) is 77.2 cm³/mol. The molecule has 4 nitrogen and oxygen atoms in total. The molecule has 118 valence electrons. The summed E-state index contributed by atoms with van der Waals surface area (Å²) < 4.78 is 39.2. The van der Waals surface area contributed by atoms with Crippen LogP contribution in [-0.2, 0) is 5.60 Å². The van der Waals surface area contributed by atoms with Crippen molar-refractivity contribution in [3.05, 3.63) is 52.0 Å². The number of amides is 2. The number of hydrogen-bond donors (Lipinski definition) is 3. The largest absolute Gasteiger partial charge is 0.384 e. The molecule has 3 N–H and O–H groups in total. The summed E-state index contributed by atoms with van der Waals surface area (Å²) in [5, 5.41) is 18.1. The minimum Gasteiger partial charge on any atom is -0.384 e. The molecular weight excluding hydrogens is 317 g/mol. The first-order valence-corrected chi connectivity index (χ1v) is 7.18. The lowest BCUT2D eigenvalue weighted by atomic mass is 9.99. The summed E-state index contributed by atoms with van der Waals surface area (Å²) in [5.74, 6) is -3.72. The predicted octanol–water partition coefficient (Wildman–Crippen LogP) is 3.19. The van der Waals surface area contributed by atoms with Gasteiger partial charge in [-0.2, -0.15) is 11.3 Å². The van der Waals surface area contributed by atoms with E-state index in [1.807, 2.05) is 0 Å². The van der Waals surface area contributed by atoms with Crippen LogP contribution in [0.25, 0.3) is 0 Å².